The summed E-state index contributed by atoms with van der Waals surface area (Å²) in [4.78, 5) is 25.7. The average Bonchev–Trinajstić information content (AvgIpc) is 3.12. The van der Waals surface area contributed by atoms with E-state index in [0.717, 1.165) is 12.3 Å². The molecule has 1 aromatic rings. The van der Waals surface area contributed by atoms with Crippen LogP contribution < -0.4 is 4.90 Å². The molecule has 110 valence electrons. The van der Waals surface area contributed by atoms with E-state index in [1.165, 1.54) is 36.3 Å². The van der Waals surface area contributed by atoms with E-state index >= 15 is 0 Å². The van der Waals surface area contributed by atoms with E-state index in [-0.39, 0.29) is 10.6 Å². The van der Waals surface area contributed by atoms with E-state index < -0.39 is 17.5 Å². The van der Waals surface area contributed by atoms with Gasteiger partial charge in [0.2, 0.25) is 0 Å². The zero-order chi connectivity index (χ0) is 14.7. The summed E-state index contributed by atoms with van der Waals surface area (Å²) in [6, 6.07) is 2.49. The third kappa shape index (κ3) is 1.92. The molecule has 2 saturated carbocycles. The highest BCUT2D eigenvalue weighted by atomic mass is 35.5. The molecule has 5 heteroatoms. The fourth-order valence-corrected chi connectivity index (χ4v) is 4.47. The number of amides is 1. The molecule has 0 radical (unpaired) electrons. The van der Waals surface area contributed by atoms with Gasteiger partial charge in [0.1, 0.15) is 5.82 Å². The summed E-state index contributed by atoms with van der Waals surface area (Å²) in [6.07, 6.45) is 4.86. The smallest absolute Gasteiger partial charge is 0.299 e. The maximum Gasteiger partial charge on any atom is 0.299 e. The molecule has 1 aliphatic heterocycles. The number of carbonyl (C=O) groups is 2. The fraction of sp³-hybridized carbons (Fsp3) is 0.500. The van der Waals surface area contributed by atoms with Crippen LogP contribution in [0.2, 0.25) is 5.02 Å². The minimum absolute atomic E-state index is 0.114. The van der Waals surface area contributed by atoms with Crippen LogP contribution in [0.4, 0.5) is 10.1 Å². The van der Waals surface area contributed by atoms with Gasteiger partial charge in [-0.15, -0.1) is 0 Å². The molecule has 2 bridgehead atoms. The molecule has 2 fully saturated rings. The van der Waals surface area contributed by atoms with Crippen LogP contribution in [-0.4, -0.2) is 18.2 Å². The van der Waals surface area contributed by atoms with Gasteiger partial charge in [-0.1, -0.05) is 18.0 Å². The number of rotatable bonds is 2. The van der Waals surface area contributed by atoms with E-state index in [1.54, 1.807) is 0 Å². The molecule has 3 atom stereocenters. The van der Waals surface area contributed by atoms with Crippen molar-refractivity contribution in [2.75, 3.05) is 11.4 Å². The van der Waals surface area contributed by atoms with Crippen molar-refractivity contribution in [3.8, 4) is 0 Å². The number of hydrogen-bond acceptors (Lipinski definition) is 2. The zero-order valence-corrected chi connectivity index (χ0v) is 12.2. The summed E-state index contributed by atoms with van der Waals surface area (Å²) in [5.41, 5.74) is 0.615. The molecule has 3 unspecified atom stereocenters. The van der Waals surface area contributed by atoms with Crippen LogP contribution >= 0.6 is 11.6 Å². The van der Waals surface area contributed by atoms with Gasteiger partial charge in [-0.3, -0.25) is 9.59 Å². The first-order valence-corrected chi connectivity index (χ1v) is 7.77. The van der Waals surface area contributed by atoms with Crippen molar-refractivity contribution in [1.82, 2.24) is 0 Å². The van der Waals surface area contributed by atoms with Crippen LogP contribution in [0.25, 0.3) is 0 Å². The van der Waals surface area contributed by atoms with E-state index in [9.17, 15) is 14.0 Å². The summed E-state index contributed by atoms with van der Waals surface area (Å²) in [6.45, 7) is 0.528. The standard InChI is InChI=1S/C16H15ClFNO2/c17-12-5-11-14(6-13(12)18)19(16(21)15(11)20)7-10-4-8-1-2-9(10)3-8/h5-6,8-10H,1-4,7H2. The number of Topliss-reactive ketones (excluding diaryl/α,β-unsaturated/α-hetero) is 1. The first-order valence-electron chi connectivity index (χ1n) is 7.40. The Kier molecular flexibility index (Phi) is 2.86. The lowest BCUT2D eigenvalue weighted by Crippen LogP contribution is -2.36. The topological polar surface area (TPSA) is 37.4 Å². The Morgan fingerprint density at radius 2 is 2.05 bits per heavy atom. The third-order valence-corrected chi connectivity index (χ3v) is 5.60. The third-order valence-electron chi connectivity index (χ3n) is 5.32. The number of halogens is 2. The quantitative estimate of drug-likeness (QED) is 0.785. The van der Waals surface area contributed by atoms with Gasteiger partial charge in [0.25, 0.3) is 11.7 Å². The molecule has 3 nitrogen and oxygen atoms in total. The molecule has 0 spiro atoms. The predicted molar refractivity (Wildman–Crippen MR) is 77.0 cm³/mol. The average molecular weight is 308 g/mol. The molecule has 1 aromatic carbocycles. The molecule has 21 heavy (non-hydrogen) atoms. The molecular formula is C16H15ClFNO2. The second-order valence-corrected chi connectivity index (χ2v) is 6.87. The zero-order valence-electron chi connectivity index (χ0n) is 11.4. The largest absolute Gasteiger partial charge is 0.304 e. The van der Waals surface area contributed by atoms with Crippen LogP contribution in [0.1, 0.15) is 36.0 Å². The van der Waals surface area contributed by atoms with Gasteiger partial charge >= 0.3 is 0 Å². The molecule has 0 N–H and O–H groups in total. The van der Waals surface area contributed by atoms with Gasteiger partial charge in [-0.2, -0.15) is 0 Å². The van der Waals surface area contributed by atoms with Crippen LogP contribution in [0.5, 0.6) is 0 Å². The molecule has 3 aliphatic rings. The van der Waals surface area contributed by atoms with Gasteiger partial charge in [0.15, 0.2) is 0 Å². The lowest BCUT2D eigenvalue weighted by Gasteiger charge is -2.27. The van der Waals surface area contributed by atoms with Crippen LogP contribution in [0.3, 0.4) is 0 Å². The Morgan fingerprint density at radius 3 is 2.71 bits per heavy atom. The minimum atomic E-state index is -0.587. The summed E-state index contributed by atoms with van der Waals surface area (Å²) in [5.74, 6) is 0.152. The maximum absolute atomic E-state index is 13.7. The lowest BCUT2D eigenvalue weighted by molar-refractivity contribution is -0.114. The molecule has 2 aliphatic carbocycles. The summed E-state index contributed by atoms with van der Waals surface area (Å²) < 4.78 is 13.7. The van der Waals surface area contributed by atoms with Crippen molar-refractivity contribution in [3.05, 3.63) is 28.5 Å². The van der Waals surface area contributed by atoms with E-state index in [2.05, 4.69) is 0 Å². The molecule has 1 amide bonds. The number of fused-ring (bicyclic) bond motifs is 3. The van der Waals surface area contributed by atoms with E-state index in [1.807, 2.05) is 0 Å². The van der Waals surface area contributed by atoms with Gasteiger partial charge in [0, 0.05) is 6.54 Å². The molecule has 0 saturated heterocycles. The SMILES string of the molecule is O=C1C(=O)N(CC2CC3CCC2C3)c2cc(F)c(Cl)cc21. The number of benzene rings is 1. The number of nitrogens with zero attached hydrogens (tertiary/aromatic N) is 1. The minimum Gasteiger partial charge on any atom is -0.304 e. The first kappa shape index (κ1) is 13.3. The Morgan fingerprint density at radius 1 is 1.24 bits per heavy atom. The van der Waals surface area contributed by atoms with Crippen molar-refractivity contribution in [1.29, 1.82) is 0 Å². The summed E-state index contributed by atoms with van der Waals surface area (Å²) in [5, 5.41) is -0.114. The van der Waals surface area contributed by atoms with Gasteiger partial charge in [-0.25, -0.2) is 4.39 Å². The van der Waals surface area contributed by atoms with Gasteiger partial charge in [-0.05, 0) is 49.1 Å². The molecule has 4 rings (SSSR count). The van der Waals surface area contributed by atoms with Crippen molar-refractivity contribution >= 4 is 29.0 Å². The predicted octanol–water partition coefficient (Wildman–Crippen LogP) is 3.44. The van der Waals surface area contributed by atoms with E-state index in [4.69, 9.17) is 11.6 Å². The number of anilines is 1. The Bertz CT molecular complexity index is 660. The van der Waals surface area contributed by atoms with Crippen molar-refractivity contribution < 1.29 is 14.0 Å². The lowest BCUT2D eigenvalue weighted by atomic mass is 9.88. The van der Waals surface area contributed by atoms with Crippen LogP contribution in [-0.2, 0) is 4.79 Å². The van der Waals surface area contributed by atoms with Crippen molar-refractivity contribution in [3.63, 3.8) is 0 Å². The highest BCUT2D eigenvalue weighted by Crippen LogP contribution is 2.49. The molecule has 0 aromatic heterocycles. The fourth-order valence-electron chi connectivity index (χ4n) is 4.30. The Balaban J connectivity index is 1.66. The first-order chi connectivity index (χ1) is 10.0. The van der Waals surface area contributed by atoms with Crippen LogP contribution in [0.15, 0.2) is 12.1 Å². The number of ketones is 1. The highest BCUT2D eigenvalue weighted by Gasteiger charge is 2.44. The Labute approximate surface area is 127 Å². The van der Waals surface area contributed by atoms with Gasteiger partial charge < -0.3 is 4.90 Å². The summed E-state index contributed by atoms with van der Waals surface area (Å²) in [7, 11) is 0. The Hall–Kier alpha value is -1.42. The molecular weight excluding hydrogens is 293 g/mol. The maximum atomic E-state index is 13.7. The van der Waals surface area contributed by atoms with E-state index in [0.29, 0.717) is 24.1 Å². The van der Waals surface area contributed by atoms with Crippen molar-refractivity contribution in [2.45, 2.75) is 25.7 Å². The van der Waals surface area contributed by atoms with Gasteiger partial charge in [0.05, 0.1) is 16.3 Å². The molecule has 1 heterocycles. The second-order valence-electron chi connectivity index (χ2n) is 6.46. The summed E-state index contributed by atoms with van der Waals surface area (Å²) >= 11 is 5.72. The van der Waals surface area contributed by atoms with Crippen molar-refractivity contribution in [2.24, 2.45) is 17.8 Å². The monoisotopic (exact) mass is 307 g/mol. The number of hydrogen-bond donors (Lipinski definition) is 0. The number of carbonyl (C=O) groups excluding carboxylic acids is 2. The van der Waals surface area contributed by atoms with Crippen LogP contribution in [0, 0.1) is 23.6 Å². The second kappa shape index (κ2) is 4.54. The highest BCUT2D eigenvalue weighted by molar-refractivity contribution is 6.52. The normalized spacial score (nSPS) is 30.4.